The van der Waals surface area contributed by atoms with E-state index in [-0.39, 0.29) is 32.3 Å². The second-order valence-electron chi connectivity index (χ2n) is 8.06. The van der Waals surface area contributed by atoms with Gasteiger partial charge in [0.25, 0.3) is 0 Å². The Bertz CT molecular complexity index is 332. The van der Waals surface area contributed by atoms with Crippen LogP contribution in [-0.2, 0) is 29.1 Å². The smallest absolute Gasteiger partial charge is 0.550 e. The minimum atomic E-state index is -0.931. The number of hydrogen-bond donors (Lipinski definition) is 2. The third-order valence-electron chi connectivity index (χ3n) is 5.08. The molecule has 6 nitrogen and oxygen atoms in total. The molecule has 0 unspecified atom stereocenters. The molecule has 0 bridgehead atoms. The molecule has 0 saturated carbocycles. The number of unbranched alkanes of at least 4 members (excludes halogenated alkanes) is 16. The Balaban J connectivity index is -0.000000490. The van der Waals surface area contributed by atoms with Gasteiger partial charge >= 0.3 is 19.5 Å². The molecule has 0 aliphatic heterocycles. The second-order valence-corrected chi connectivity index (χ2v) is 8.06. The van der Waals surface area contributed by atoms with Crippen molar-refractivity contribution in [3.63, 3.8) is 0 Å². The van der Waals surface area contributed by atoms with E-state index >= 15 is 0 Å². The molecule has 0 radical (unpaired) electrons. The van der Waals surface area contributed by atoms with E-state index < -0.39 is 11.9 Å². The van der Waals surface area contributed by atoms with Crippen LogP contribution < -0.4 is 10.2 Å². The Labute approximate surface area is 203 Å². The SMILES string of the molecule is O=C([O-])CCCCCCCCCCCO.O=C([O-])CCCCCCCCCCCO.[Zn+2]. The molecule has 0 aliphatic carbocycles. The molecule has 0 atom stereocenters. The first-order valence-corrected chi connectivity index (χ1v) is 12.2. The molecule has 180 valence electrons. The summed E-state index contributed by atoms with van der Waals surface area (Å²) in [5.41, 5.74) is 0. The van der Waals surface area contributed by atoms with Crippen LogP contribution in [-0.4, -0.2) is 35.4 Å². The Morgan fingerprint density at radius 2 is 0.613 bits per heavy atom. The van der Waals surface area contributed by atoms with E-state index in [1.807, 2.05) is 0 Å². The van der Waals surface area contributed by atoms with Crippen molar-refractivity contribution < 1.29 is 49.5 Å². The van der Waals surface area contributed by atoms with Crippen LogP contribution in [0.5, 0.6) is 0 Å². The molecular formula is C24H46O6Zn. The predicted octanol–water partition coefficient (Wildman–Crippen LogP) is 3.26. The molecule has 0 aromatic heterocycles. The Hall–Kier alpha value is -0.517. The molecule has 0 spiro atoms. The largest absolute Gasteiger partial charge is 2.00 e. The summed E-state index contributed by atoms with van der Waals surface area (Å²) in [6.07, 6.45) is 20.0. The van der Waals surface area contributed by atoms with Crippen LogP contribution in [0.25, 0.3) is 0 Å². The molecule has 7 heteroatoms. The van der Waals surface area contributed by atoms with Gasteiger partial charge in [0.05, 0.1) is 0 Å². The van der Waals surface area contributed by atoms with Gasteiger partial charge in [-0.05, 0) is 38.5 Å². The van der Waals surface area contributed by atoms with Gasteiger partial charge in [0.1, 0.15) is 0 Å². The summed E-state index contributed by atoms with van der Waals surface area (Å²) in [6, 6.07) is 0. The van der Waals surface area contributed by atoms with Crippen molar-refractivity contribution >= 4 is 11.9 Å². The van der Waals surface area contributed by atoms with Crippen molar-refractivity contribution in [2.75, 3.05) is 13.2 Å². The zero-order chi connectivity index (χ0) is 22.7. The van der Waals surface area contributed by atoms with E-state index in [0.29, 0.717) is 13.2 Å². The summed E-state index contributed by atoms with van der Waals surface area (Å²) < 4.78 is 0. The summed E-state index contributed by atoms with van der Waals surface area (Å²) in [6.45, 7) is 0.618. The Morgan fingerprint density at radius 3 is 0.806 bits per heavy atom. The third-order valence-corrected chi connectivity index (χ3v) is 5.08. The first-order chi connectivity index (χ1) is 14.5. The fraction of sp³-hybridized carbons (Fsp3) is 0.917. The van der Waals surface area contributed by atoms with Crippen molar-refractivity contribution in [2.24, 2.45) is 0 Å². The number of carbonyl (C=O) groups excluding carboxylic acids is 2. The number of aliphatic carboxylic acids is 2. The van der Waals surface area contributed by atoms with Crippen LogP contribution in [0.1, 0.15) is 128 Å². The van der Waals surface area contributed by atoms with Gasteiger partial charge in [-0.15, -0.1) is 0 Å². The minimum Gasteiger partial charge on any atom is -0.550 e. The minimum absolute atomic E-state index is 0. The number of aliphatic hydroxyl groups is 2. The average Bonchev–Trinajstić information content (AvgIpc) is 2.71. The average molecular weight is 496 g/mol. The number of carbonyl (C=O) groups is 2. The third kappa shape index (κ3) is 40.4. The van der Waals surface area contributed by atoms with Crippen molar-refractivity contribution in [1.82, 2.24) is 0 Å². The summed E-state index contributed by atoms with van der Waals surface area (Å²) in [7, 11) is 0. The van der Waals surface area contributed by atoms with Gasteiger partial charge in [-0.2, -0.15) is 0 Å². The summed E-state index contributed by atoms with van der Waals surface area (Å²) in [5.74, 6) is -1.86. The fourth-order valence-corrected chi connectivity index (χ4v) is 3.24. The van der Waals surface area contributed by atoms with Gasteiger partial charge < -0.3 is 30.0 Å². The second kappa shape index (κ2) is 31.7. The van der Waals surface area contributed by atoms with Crippen LogP contribution in [0, 0.1) is 0 Å². The first kappa shape index (κ1) is 35.1. The number of hydrogen-bond acceptors (Lipinski definition) is 6. The molecule has 2 N–H and O–H groups in total. The molecule has 0 heterocycles. The molecule has 0 amide bonds. The van der Waals surface area contributed by atoms with E-state index in [4.69, 9.17) is 10.2 Å². The summed E-state index contributed by atoms with van der Waals surface area (Å²) in [5, 5.41) is 37.3. The maximum Gasteiger partial charge on any atom is 2.00 e. The number of rotatable bonds is 22. The van der Waals surface area contributed by atoms with E-state index in [2.05, 4.69) is 0 Å². The van der Waals surface area contributed by atoms with Crippen LogP contribution in [0.2, 0.25) is 0 Å². The zero-order valence-corrected chi connectivity index (χ0v) is 22.8. The molecule has 0 aromatic carbocycles. The van der Waals surface area contributed by atoms with Gasteiger partial charge in [-0.1, -0.05) is 89.9 Å². The summed E-state index contributed by atoms with van der Waals surface area (Å²) in [4.78, 5) is 20.2. The topological polar surface area (TPSA) is 121 Å². The fourth-order valence-electron chi connectivity index (χ4n) is 3.24. The van der Waals surface area contributed by atoms with E-state index in [9.17, 15) is 19.8 Å². The zero-order valence-electron chi connectivity index (χ0n) is 19.8. The van der Waals surface area contributed by atoms with Crippen molar-refractivity contribution in [1.29, 1.82) is 0 Å². The standard InChI is InChI=1S/2C12H24O3.Zn/c2*13-11-9-7-5-3-1-2-4-6-8-10-12(14)15;/h2*13H,1-11H2,(H,14,15);/q;;+2/p-2. The molecule has 0 saturated heterocycles. The molecular weight excluding hydrogens is 450 g/mol. The molecule has 0 rings (SSSR count). The van der Waals surface area contributed by atoms with Gasteiger partial charge in [0, 0.05) is 25.2 Å². The van der Waals surface area contributed by atoms with E-state index in [0.717, 1.165) is 64.2 Å². The van der Waals surface area contributed by atoms with Crippen LogP contribution >= 0.6 is 0 Å². The number of carboxylic acids is 2. The Morgan fingerprint density at radius 1 is 0.419 bits per heavy atom. The van der Waals surface area contributed by atoms with Crippen LogP contribution in [0.3, 0.4) is 0 Å². The van der Waals surface area contributed by atoms with E-state index in [1.165, 1.54) is 51.4 Å². The van der Waals surface area contributed by atoms with Gasteiger partial charge in [-0.25, -0.2) is 0 Å². The van der Waals surface area contributed by atoms with Crippen LogP contribution in [0.4, 0.5) is 0 Å². The molecule has 0 fully saturated rings. The van der Waals surface area contributed by atoms with Crippen molar-refractivity contribution in [3.8, 4) is 0 Å². The number of aliphatic hydroxyl groups excluding tert-OH is 2. The predicted molar refractivity (Wildman–Crippen MR) is 117 cm³/mol. The van der Waals surface area contributed by atoms with Gasteiger partial charge in [0.15, 0.2) is 0 Å². The molecule has 31 heavy (non-hydrogen) atoms. The monoisotopic (exact) mass is 494 g/mol. The maximum atomic E-state index is 10.1. The summed E-state index contributed by atoms with van der Waals surface area (Å²) >= 11 is 0. The van der Waals surface area contributed by atoms with Gasteiger partial charge in [0.2, 0.25) is 0 Å². The molecule has 0 aliphatic rings. The molecule has 0 aromatic rings. The number of carboxylic acid groups (broad SMARTS) is 2. The normalized spacial score (nSPS) is 10.1. The first-order valence-electron chi connectivity index (χ1n) is 12.2. The maximum absolute atomic E-state index is 10.1. The van der Waals surface area contributed by atoms with E-state index in [1.54, 1.807) is 0 Å². The van der Waals surface area contributed by atoms with Crippen molar-refractivity contribution in [3.05, 3.63) is 0 Å². The van der Waals surface area contributed by atoms with Gasteiger partial charge in [-0.3, -0.25) is 0 Å². The Kier molecular flexibility index (Phi) is 35.8. The quantitative estimate of drug-likeness (QED) is 0.176. The van der Waals surface area contributed by atoms with Crippen molar-refractivity contribution in [2.45, 2.75) is 128 Å². The van der Waals surface area contributed by atoms with Crippen LogP contribution in [0.15, 0.2) is 0 Å².